The molecule has 14 heteroatoms. The zero-order chi connectivity index (χ0) is 33.9. The van der Waals surface area contributed by atoms with Gasteiger partial charge in [0.1, 0.15) is 12.4 Å². The summed E-state index contributed by atoms with van der Waals surface area (Å²) in [5.74, 6) is -1.91. The molecule has 0 aliphatic heterocycles. The van der Waals surface area contributed by atoms with Gasteiger partial charge in [-0.2, -0.15) is 27.8 Å². The standard InChI is InChI=1S/C32H38F3N7O4/c1-18(2)12-26(41-16-21(10-11-40(5)6)22(13-27(41)43)32(33,34)35)30(46)38-23(15-28(44)45)25-14-24(39-31-36-17-37-42(25)31)29-19(3)8-7-9-20(29)4/h7-9,13-14,16-18,23,26H,10-12,15H2,1-6H3,(H,38,46)(H,44,45). The summed E-state index contributed by atoms with van der Waals surface area (Å²) >= 11 is 0. The highest BCUT2D eigenvalue weighted by atomic mass is 19.4. The number of nitrogens with zero attached hydrogens (tertiary/aromatic N) is 6. The molecule has 0 fully saturated rings. The number of fused-ring (bicyclic) bond motifs is 1. The number of aliphatic carboxylic acids is 1. The zero-order valence-corrected chi connectivity index (χ0v) is 26.6. The van der Waals surface area contributed by atoms with Crippen LogP contribution in [0.25, 0.3) is 17.0 Å². The molecule has 1 aromatic carbocycles. The van der Waals surface area contributed by atoms with Crippen LogP contribution in [0.15, 0.2) is 47.7 Å². The molecular weight excluding hydrogens is 603 g/mol. The Labute approximate surface area is 264 Å². The second-order valence-electron chi connectivity index (χ2n) is 12.1. The molecule has 11 nitrogen and oxygen atoms in total. The first kappa shape index (κ1) is 34.3. The maximum Gasteiger partial charge on any atom is 0.416 e. The molecule has 0 saturated heterocycles. The molecule has 3 aromatic heterocycles. The van der Waals surface area contributed by atoms with Gasteiger partial charge in [-0.3, -0.25) is 14.4 Å². The molecule has 0 spiro atoms. The quantitative estimate of drug-likeness (QED) is 0.229. The number of halogens is 3. The number of aromatic nitrogens is 5. The van der Waals surface area contributed by atoms with Crippen molar-refractivity contribution in [2.75, 3.05) is 20.6 Å². The molecule has 0 aliphatic carbocycles. The van der Waals surface area contributed by atoms with Gasteiger partial charge < -0.3 is 19.9 Å². The molecule has 0 bridgehead atoms. The van der Waals surface area contributed by atoms with Crippen LogP contribution in [0.5, 0.6) is 0 Å². The van der Waals surface area contributed by atoms with Crippen LogP contribution in [0.3, 0.4) is 0 Å². The van der Waals surface area contributed by atoms with Gasteiger partial charge in [-0.25, -0.2) is 4.98 Å². The molecule has 2 unspecified atom stereocenters. The molecule has 1 amide bonds. The van der Waals surface area contributed by atoms with E-state index < -0.39 is 47.7 Å². The third-order valence-corrected chi connectivity index (χ3v) is 7.70. The minimum Gasteiger partial charge on any atom is -0.481 e. The van der Waals surface area contributed by atoms with E-state index in [0.717, 1.165) is 27.5 Å². The van der Waals surface area contributed by atoms with Crippen LogP contribution < -0.4 is 10.9 Å². The Morgan fingerprint density at radius 1 is 1.11 bits per heavy atom. The summed E-state index contributed by atoms with van der Waals surface area (Å²) in [5, 5.41) is 16.9. The summed E-state index contributed by atoms with van der Waals surface area (Å²) < 4.78 is 44.1. The number of pyridine rings is 1. The van der Waals surface area contributed by atoms with Crippen LogP contribution in [0.1, 0.15) is 66.7 Å². The van der Waals surface area contributed by atoms with Crippen LogP contribution in [0, 0.1) is 19.8 Å². The number of nitrogens with one attached hydrogen (secondary N) is 1. The lowest BCUT2D eigenvalue weighted by atomic mass is 9.97. The van der Waals surface area contributed by atoms with Gasteiger partial charge in [0.25, 0.3) is 11.3 Å². The van der Waals surface area contributed by atoms with Crippen LogP contribution in [-0.4, -0.2) is 66.7 Å². The van der Waals surface area contributed by atoms with E-state index in [2.05, 4.69) is 20.4 Å². The van der Waals surface area contributed by atoms with E-state index in [1.54, 1.807) is 25.1 Å². The SMILES string of the molecule is Cc1cccc(C)c1-c1cc(C(CC(=O)O)NC(=O)C(CC(C)C)n2cc(CCN(C)C)c(C(F)(F)F)cc2=O)n2ncnc2n1. The fourth-order valence-corrected chi connectivity index (χ4v) is 5.54. The van der Waals surface area contributed by atoms with E-state index in [9.17, 15) is 32.7 Å². The van der Waals surface area contributed by atoms with Crippen molar-refractivity contribution >= 4 is 17.7 Å². The average molecular weight is 642 g/mol. The van der Waals surface area contributed by atoms with E-state index >= 15 is 0 Å². The number of carboxylic acids is 1. The predicted octanol–water partition coefficient (Wildman–Crippen LogP) is 4.61. The predicted molar refractivity (Wildman–Crippen MR) is 165 cm³/mol. The van der Waals surface area contributed by atoms with E-state index in [0.29, 0.717) is 11.8 Å². The first-order valence-electron chi connectivity index (χ1n) is 14.8. The molecule has 4 aromatic rings. The summed E-state index contributed by atoms with van der Waals surface area (Å²) in [6, 6.07) is 5.52. The smallest absolute Gasteiger partial charge is 0.416 e. The highest BCUT2D eigenvalue weighted by Crippen LogP contribution is 2.33. The van der Waals surface area contributed by atoms with Crippen LogP contribution >= 0.6 is 0 Å². The third kappa shape index (κ3) is 7.79. The molecular formula is C32H38F3N7O4. The lowest BCUT2D eigenvalue weighted by Crippen LogP contribution is -2.41. The lowest BCUT2D eigenvalue weighted by molar-refractivity contribution is -0.139. The number of amides is 1. The van der Waals surface area contributed by atoms with Crippen molar-refractivity contribution in [3.63, 3.8) is 0 Å². The molecule has 2 N–H and O–H groups in total. The highest BCUT2D eigenvalue weighted by molar-refractivity contribution is 5.82. The van der Waals surface area contributed by atoms with Crippen molar-refractivity contribution in [1.29, 1.82) is 0 Å². The van der Waals surface area contributed by atoms with Gasteiger partial charge in [0.05, 0.1) is 29.4 Å². The summed E-state index contributed by atoms with van der Waals surface area (Å²) in [7, 11) is 3.44. The number of carbonyl (C=O) groups is 2. The Balaban J connectivity index is 1.82. The van der Waals surface area contributed by atoms with E-state index in [-0.39, 0.29) is 42.3 Å². The van der Waals surface area contributed by atoms with E-state index in [1.807, 2.05) is 45.9 Å². The Kier molecular flexibility index (Phi) is 10.3. The minimum absolute atomic E-state index is 0.0117. The first-order valence-corrected chi connectivity index (χ1v) is 14.8. The monoisotopic (exact) mass is 641 g/mol. The van der Waals surface area contributed by atoms with E-state index in [4.69, 9.17) is 0 Å². The van der Waals surface area contributed by atoms with Crippen LogP contribution in [0.2, 0.25) is 0 Å². The molecule has 246 valence electrons. The maximum absolute atomic E-state index is 14.0. The zero-order valence-electron chi connectivity index (χ0n) is 26.6. The van der Waals surface area contributed by atoms with Crippen molar-refractivity contribution in [3.8, 4) is 11.3 Å². The molecule has 46 heavy (non-hydrogen) atoms. The van der Waals surface area contributed by atoms with Crippen molar-refractivity contribution in [2.24, 2.45) is 5.92 Å². The van der Waals surface area contributed by atoms with Gasteiger partial charge >= 0.3 is 12.1 Å². The second kappa shape index (κ2) is 13.8. The van der Waals surface area contributed by atoms with Crippen molar-refractivity contribution in [2.45, 2.75) is 65.2 Å². The first-order chi connectivity index (χ1) is 21.6. The minimum atomic E-state index is -4.76. The van der Waals surface area contributed by atoms with Gasteiger partial charge in [0.2, 0.25) is 5.91 Å². The Hall–Kier alpha value is -4.59. The topological polar surface area (TPSA) is 135 Å². The highest BCUT2D eigenvalue weighted by Gasteiger charge is 2.36. The van der Waals surface area contributed by atoms with E-state index in [1.165, 1.54) is 10.8 Å². The van der Waals surface area contributed by atoms with Gasteiger partial charge in [0, 0.05) is 24.4 Å². The number of benzene rings is 1. The Morgan fingerprint density at radius 2 is 1.78 bits per heavy atom. The number of hydrogen-bond acceptors (Lipinski definition) is 7. The summed E-state index contributed by atoms with van der Waals surface area (Å²) in [6.45, 7) is 7.74. The third-order valence-electron chi connectivity index (χ3n) is 7.70. The molecule has 3 heterocycles. The second-order valence-corrected chi connectivity index (χ2v) is 12.1. The fourth-order valence-electron chi connectivity index (χ4n) is 5.54. The van der Waals surface area contributed by atoms with Crippen LogP contribution in [0.4, 0.5) is 13.2 Å². The van der Waals surface area contributed by atoms with Crippen molar-refractivity contribution < 1.29 is 27.9 Å². The van der Waals surface area contributed by atoms with Crippen LogP contribution in [-0.2, 0) is 22.2 Å². The normalized spacial score (nSPS) is 13.4. The van der Waals surface area contributed by atoms with Crippen molar-refractivity contribution in [1.82, 2.24) is 34.4 Å². The average Bonchev–Trinajstić information content (AvgIpc) is 3.42. The number of aryl methyl sites for hydroxylation is 2. The summed E-state index contributed by atoms with van der Waals surface area (Å²) in [4.78, 5) is 49.9. The lowest BCUT2D eigenvalue weighted by Gasteiger charge is -2.26. The van der Waals surface area contributed by atoms with Gasteiger partial charge in [-0.05, 0) is 69.5 Å². The molecule has 0 radical (unpaired) electrons. The summed E-state index contributed by atoms with van der Waals surface area (Å²) in [5.41, 5.74) is 1.28. The molecule has 0 saturated carbocycles. The van der Waals surface area contributed by atoms with Crippen molar-refractivity contribution in [3.05, 3.63) is 81.2 Å². The largest absolute Gasteiger partial charge is 0.481 e. The Morgan fingerprint density at radius 3 is 2.37 bits per heavy atom. The molecule has 4 rings (SSSR count). The van der Waals surface area contributed by atoms with Gasteiger partial charge in [0.15, 0.2) is 0 Å². The molecule has 0 aliphatic rings. The fraction of sp³-hybridized carbons (Fsp3) is 0.438. The number of rotatable bonds is 12. The maximum atomic E-state index is 14.0. The van der Waals surface area contributed by atoms with Gasteiger partial charge in [-0.15, -0.1) is 0 Å². The number of likely N-dealkylation sites (N-methyl/N-ethyl adjacent to an activating group) is 1. The number of carbonyl (C=O) groups excluding carboxylic acids is 1. The summed E-state index contributed by atoms with van der Waals surface area (Å²) in [6.07, 6.45) is -2.86. The number of carboxylic acid groups (broad SMARTS) is 1. The Bertz CT molecular complexity index is 1780. The molecule has 2 atom stereocenters. The van der Waals surface area contributed by atoms with Gasteiger partial charge in [-0.1, -0.05) is 32.0 Å². The number of alkyl halides is 3. The number of hydrogen-bond donors (Lipinski definition) is 2.